The molecular weight excluding hydrogens is 424 g/mol. The van der Waals surface area contributed by atoms with Gasteiger partial charge in [-0.1, -0.05) is 36.4 Å². The molecule has 4 nitrogen and oxygen atoms in total. The summed E-state index contributed by atoms with van der Waals surface area (Å²) >= 11 is 0. The molecule has 1 aliphatic rings. The Labute approximate surface area is 192 Å². The molecule has 3 aromatic carbocycles. The minimum absolute atomic E-state index is 0.234. The first-order valence-electron chi connectivity index (χ1n) is 11.2. The Hall–Kier alpha value is -3.25. The highest BCUT2D eigenvalue weighted by Gasteiger charge is 2.15. The van der Waals surface area contributed by atoms with Crippen molar-refractivity contribution in [2.24, 2.45) is 0 Å². The van der Waals surface area contributed by atoms with Gasteiger partial charge in [0, 0.05) is 25.1 Å². The molecule has 0 aliphatic carbocycles. The van der Waals surface area contributed by atoms with Gasteiger partial charge in [-0.2, -0.15) is 0 Å². The molecule has 0 saturated carbocycles. The Morgan fingerprint density at radius 3 is 2.64 bits per heavy atom. The number of ether oxygens (including phenoxy) is 1. The Kier molecular flexibility index (Phi) is 7.35. The van der Waals surface area contributed by atoms with Crippen LogP contribution in [0.2, 0.25) is 0 Å². The lowest BCUT2D eigenvalue weighted by Crippen LogP contribution is -2.25. The molecule has 6 heteroatoms. The summed E-state index contributed by atoms with van der Waals surface area (Å²) in [5.41, 5.74) is 3.53. The number of carbonyl (C=O) groups is 1. The number of fused-ring (bicyclic) bond motifs is 3. The molecule has 1 N–H and O–H groups in total. The number of halogens is 2. The minimum Gasteiger partial charge on any atom is -0.493 e. The molecule has 1 aliphatic heterocycles. The summed E-state index contributed by atoms with van der Waals surface area (Å²) in [4.78, 5) is 13.6. The molecule has 0 unspecified atom stereocenters. The number of hydrogen-bond donors (Lipinski definition) is 1. The second kappa shape index (κ2) is 10.6. The van der Waals surface area contributed by atoms with Crippen LogP contribution in [-0.4, -0.2) is 29.1 Å². The minimum atomic E-state index is -0.967. The Bertz CT molecular complexity index is 1130. The Morgan fingerprint density at radius 1 is 0.970 bits per heavy atom. The lowest BCUT2D eigenvalue weighted by atomic mass is 9.99. The van der Waals surface area contributed by atoms with Crippen LogP contribution in [0, 0.1) is 11.6 Å². The molecule has 0 amide bonds. The van der Waals surface area contributed by atoms with Crippen LogP contribution in [0.3, 0.4) is 0 Å². The molecule has 172 valence electrons. The van der Waals surface area contributed by atoms with E-state index in [1.807, 2.05) is 18.2 Å². The fourth-order valence-corrected chi connectivity index (χ4v) is 4.23. The van der Waals surface area contributed by atoms with E-state index < -0.39 is 17.6 Å². The van der Waals surface area contributed by atoms with Crippen molar-refractivity contribution in [2.75, 3.05) is 13.2 Å². The average Bonchev–Trinajstić information content (AvgIpc) is 2.79. The van der Waals surface area contributed by atoms with Crippen LogP contribution in [0.4, 0.5) is 8.78 Å². The van der Waals surface area contributed by atoms with E-state index in [1.54, 1.807) is 30.3 Å². The van der Waals surface area contributed by atoms with E-state index >= 15 is 0 Å². The van der Waals surface area contributed by atoms with E-state index in [4.69, 9.17) is 4.74 Å². The zero-order valence-electron chi connectivity index (χ0n) is 18.4. The molecular formula is C27H27F2NO3. The van der Waals surface area contributed by atoms with Crippen molar-refractivity contribution in [2.45, 2.75) is 38.8 Å². The van der Waals surface area contributed by atoms with Crippen LogP contribution in [0.1, 0.15) is 51.9 Å². The predicted octanol–water partition coefficient (Wildman–Crippen LogP) is 5.82. The quantitative estimate of drug-likeness (QED) is 0.545. The summed E-state index contributed by atoms with van der Waals surface area (Å²) in [6, 6.07) is 17.4. The number of carboxylic acids is 1. The van der Waals surface area contributed by atoms with Gasteiger partial charge in [-0.3, -0.25) is 4.90 Å². The van der Waals surface area contributed by atoms with Gasteiger partial charge in [0.2, 0.25) is 0 Å². The van der Waals surface area contributed by atoms with Gasteiger partial charge in [-0.25, -0.2) is 13.6 Å². The van der Waals surface area contributed by atoms with Crippen molar-refractivity contribution in [3.8, 4) is 5.75 Å². The molecule has 0 spiro atoms. The number of benzene rings is 3. The molecule has 1 heterocycles. The van der Waals surface area contributed by atoms with E-state index in [9.17, 15) is 18.7 Å². The van der Waals surface area contributed by atoms with Crippen molar-refractivity contribution >= 4 is 5.97 Å². The fraction of sp³-hybridized carbons (Fsp3) is 0.296. The average molecular weight is 452 g/mol. The van der Waals surface area contributed by atoms with E-state index in [2.05, 4.69) is 11.0 Å². The van der Waals surface area contributed by atoms with E-state index in [1.165, 1.54) is 0 Å². The van der Waals surface area contributed by atoms with Crippen molar-refractivity contribution < 1.29 is 23.4 Å². The normalized spacial score (nSPS) is 15.2. The highest BCUT2D eigenvalue weighted by molar-refractivity contribution is 5.88. The van der Waals surface area contributed by atoms with Gasteiger partial charge in [0.15, 0.2) is 11.6 Å². The highest BCUT2D eigenvalue weighted by atomic mass is 19.2. The first-order valence-corrected chi connectivity index (χ1v) is 11.2. The van der Waals surface area contributed by atoms with Gasteiger partial charge < -0.3 is 9.84 Å². The Balaban J connectivity index is 1.61. The van der Waals surface area contributed by atoms with Crippen LogP contribution < -0.4 is 4.74 Å². The second-order valence-electron chi connectivity index (χ2n) is 8.46. The van der Waals surface area contributed by atoms with Crippen LogP contribution in [-0.2, 0) is 19.5 Å². The van der Waals surface area contributed by atoms with Gasteiger partial charge in [0.1, 0.15) is 5.75 Å². The molecule has 0 fully saturated rings. The molecule has 0 radical (unpaired) electrons. The van der Waals surface area contributed by atoms with Crippen LogP contribution in [0.25, 0.3) is 0 Å². The number of nitrogens with zero attached hydrogens (tertiary/aromatic N) is 1. The highest BCUT2D eigenvalue weighted by Crippen LogP contribution is 2.25. The number of rotatable bonds is 3. The summed E-state index contributed by atoms with van der Waals surface area (Å²) in [6.07, 6.45) is 3.24. The van der Waals surface area contributed by atoms with Crippen LogP contribution >= 0.6 is 0 Å². The lowest BCUT2D eigenvalue weighted by Gasteiger charge is -2.24. The van der Waals surface area contributed by atoms with Crippen LogP contribution in [0.15, 0.2) is 60.7 Å². The predicted molar refractivity (Wildman–Crippen MR) is 122 cm³/mol. The summed E-state index contributed by atoms with van der Waals surface area (Å²) in [7, 11) is 0. The lowest BCUT2D eigenvalue weighted by molar-refractivity contribution is 0.0696. The second-order valence-corrected chi connectivity index (χ2v) is 8.46. The maximum Gasteiger partial charge on any atom is 0.335 e. The number of hydrogen-bond acceptors (Lipinski definition) is 3. The van der Waals surface area contributed by atoms with Crippen LogP contribution in [0.5, 0.6) is 5.75 Å². The standard InChI is InChI=1S/C27H27F2NO3/c28-24-9-5-8-22(26(24)29)18-30-12-2-1-3-13-33-25-11-10-21(27(31)32)16-23(25)15-19-6-4-7-20(14-19)17-30/h4-11,14,16H,1-3,12-13,15,17-18H2,(H,31,32). The van der Waals surface area contributed by atoms with Gasteiger partial charge in [0.05, 0.1) is 12.2 Å². The van der Waals surface area contributed by atoms with Gasteiger partial charge in [-0.05, 0) is 66.8 Å². The van der Waals surface area contributed by atoms with Gasteiger partial charge in [-0.15, -0.1) is 0 Å². The summed E-state index contributed by atoms with van der Waals surface area (Å²) < 4.78 is 34.0. The molecule has 3 aromatic rings. The number of carboxylic acid groups (broad SMARTS) is 1. The maximum atomic E-state index is 14.3. The monoisotopic (exact) mass is 451 g/mol. The Morgan fingerprint density at radius 2 is 1.79 bits per heavy atom. The SMILES string of the molecule is O=C(O)c1ccc2c(c1)Cc1cccc(c1)CN(Cc1cccc(F)c1F)CCCCCO2. The third kappa shape index (κ3) is 5.96. The third-order valence-electron chi connectivity index (χ3n) is 5.90. The summed E-state index contributed by atoms with van der Waals surface area (Å²) in [5, 5.41) is 9.39. The fourth-order valence-electron chi connectivity index (χ4n) is 4.23. The van der Waals surface area contributed by atoms with Crippen molar-refractivity contribution in [3.05, 3.63) is 100 Å². The first kappa shape index (κ1) is 22.9. The largest absolute Gasteiger partial charge is 0.493 e. The van der Waals surface area contributed by atoms with E-state index in [-0.39, 0.29) is 5.56 Å². The first-order chi connectivity index (χ1) is 16.0. The molecule has 4 rings (SSSR count). The smallest absolute Gasteiger partial charge is 0.335 e. The molecule has 0 aromatic heterocycles. The maximum absolute atomic E-state index is 14.3. The molecule has 33 heavy (non-hydrogen) atoms. The van der Waals surface area contributed by atoms with Gasteiger partial charge in [0.25, 0.3) is 0 Å². The molecule has 0 saturated heterocycles. The summed E-state index contributed by atoms with van der Waals surface area (Å²) in [5.74, 6) is -1.87. The van der Waals surface area contributed by atoms with Crippen molar-refractivity contribution in [1.82, 2.24) is 4.90 Å². The van der Waals surface area contributed by atoms with Crippen molar-refractivity contribution in [1.29, 1.82) is 0 Å². The zero-order chi connectivity index (χ0) is 23.2. The topological polar surface area (TPSA) is 49.8 Å². The summed E-state index contributed by atoms with van der Waals surface area (Å²) in [6.45, 7) is 2.24. The van der Waals surface area contributed by atoms with Crippen molar-refractivity contribution in [3.63, 3.8) is 0 Å². The van der Waals surface area contributed by atoms with Gasteiger partial charge >= 0.3 is 5.97 Å². The molecule has 2 bridgehead atoms. The van der Waals surface area contributed by atoms with E-state index in [0.29, 0.717) is 37.4 Å². The van der Waals surface area contributed by atoms with E-state index in [0.717, 1.165) is 48.6 Å². The zero-order valence-corrected chi connectivity index (χ0v) is 18.4. The molecule has 0 atom stereocenters. The third-order valence-corrected chi connectivity index (χ3v) is 5.90. The number of aromatic carboxylic acids is 1.